The van der Waals surface area contributed by atoms with Gasteiger partial charge in [0.05, 0.1) is 22.3 Å². The smallest absolute Gasteiger partial charge is 0.0823 e. The van der Waals surface area contributed by atoms with Gasteiger partial charge in [-0.25, -0.2) is 0 Å². The van der Waals surface area contributed by atoms with Gasteiger partial charge in [0.25, 0.3) is 0 Å². The molecule has 0 radical (unpaired) electrons. The van der Waals surface area contributed by atoms with Gasteiger partial charge in [-0.05, 0) is 25.5 Å². The summed E-state index contributed by atoms with van der Waals surface area (Å²) in [4.78, 5) is 0. The highest BCUT2D eigenvalue weighted by molar-refractivity contribution is 6.43. The molecule has 0 amide bonds. The van der Waals surface area contributed by atoms with Gasteiger partial charge in [-0.2, -0.15) is 0 Å². The summed E-state index contributed by atoms with van der Waals surface area (Å²) in [7, 11) is 0. The van der Waals surface area contributed by atoms with Crippen molar-refractivity contribution in [1.82, 2.24) is 0 Å². The maximum atomic E-state index is 6.12. The van der Waals surface area contributed by atoms with E-state index in [1.807, 2.05) is 12.1 Å². The lowest BCUT2D eigenvalue weighted by Gasteiger charge is -2.21. The molecule has 1 aliphatic rings. The van der Waals surface area contributed by atoms with Gasteiger partial charge in [-0.3, -0.25) is 0 Å². The molecule has 16 heavy (non-hydrogen) atoms. The van der Waals surface area contributed by atoms with Crippen molar-refractivity contribution < 1.29 is 4.74 Å². The van der Waals surface area contributed by atoms with E-state index in [2.05, 4.69) is 12.2 Å². The lowest BCUT2D eigenvalue weighted by atomic mass is 10.0. The number of nitrogens with one attached hydrogen (secondary N) is 1. The van der Waals surface area contributed by atoms with Gasteiger partial charge in [-0.1, -0.05) is 29.3 Å². The largest absolute Gasteiger partial charge is 0.381 e. The molecule has 1 aliphatic heterocycles. The van der Waals surface area contributed by atoms with E-state index in [0.29, 0.717) is 22.0 Å². The minimum absolute atomic E-state index is 0.346. The molecule has 1 fully saturated rings. The SMILES string of the molecule is CC(Nc1cccc(Cl)c1Cl)C1CCOC1. The zero-order chi connectivity index (χ0) is 11.5. The number of rotatable bonds is 3. The summed E-state index contributed by atoms with van der Waals surface area (Å²) in [5, 5.41) is 4.57. The van der Waals surface area contributed by atoms with Crippen LogP contribution in [0, 0.1) is 5.92 Å². The first-order valence-corrected chi connectivity index (χ1v) is 6.22. The number of halogens is 2. The minimum atomic E-state index is 0.346. The van der Waals surface area contributed by atoms with E-state index in [0.717, 1.165) is 25.3 Å². The summed E-state index contributed by atoms with van der Waals surface area (Å²) < 4.78 is 5.37. The third-order valence-electron chi connectivity index (χ3n) is 3.01. The molecule has 1 aromatic carbocycles. The Morgan fingerprint density at radius 2 is 2.25 bits per heavy atom. The molecular weight excluding hydrogens is 245 g/mol. The summed E-state index contributed by atoms with van der Waals surface area (Å²) >= 11 is 12.1. The van der Waals surface area contributed by atoms with E-state index in [-0.39, 0.29) is 0 Å². The fourth-order valence-corrected chi connectivity index (χ4v) is 2.28. The normalized spacial score (nSPS) is 22.1. The van der Waals surface area contributed by atoms with Gasteiger partial charge in [0, 0.05) is 18.6 Å². The Morgan fingerprint density at radius 1 is 1.44 bits per heavy atom. The van der Waals surface area contributed by atoms with Crippen LogP contribution in [0.2, 0.25) is 10.0 Å². The van der Waals surface area contributed by atoms with Crippen LogP contribution in [0.1, 0.15) is 13.3 Å². The first-order chi connectivity index (χ1) is 7.68. The van der Waals surface area contributed by atoms with E-state index in [9.17, 15) is 0 Å². The number of hydrogen-bond acceptors (Lipinski definition) is 2. The van der Waals surface area contributed by atoms with Crippen LogP contribution >= 0.6 is 23.2 Å². The molecule has 4 heteroatoms. The fraction of sp³-hybridized carbons (Fsp3) is 0.500. The molecule has 1 heterocycles. The van der Waals surface area contributed by atoms with Crippen molar-refractivity contribution in [3.8, 4) is 0 Å². The maximum absolute atomic E-state index is 6.12. The van der Waals surface area contributed by atoms with Crippen LogP contribution in [0.3, 0.4) is 0 Å². The lowest BCUT2D eigenvalue weighted by Crippen LogP contribution is -2.26. The molecule has 0 aromatic heterocycles. The average Bonchev–Trinajstić information content (AvgIpc) is 2.78. The quantitative estimate of drug-likeness (QED) is 0.891. The van der Waals surface area contributed by atoms with Crippen LogP contribution in [0.4, 0.5) is 5.69 Å². The maximum Gasteiger partial charge on any atom is 0.0823 e. The third-order valence-corrected chi connectivity index (χ3v) is 3.83. The van der Waals surface area contributed by atoms with Crippen LogP contribution in [-0.4, -0.2) is 19.3 Å². The fourth-order valence-electron chi connectivity index (χ4n) is 1.93. The molecule has 1 aromatic rings. The molecule has 88 valence electrons. The van der Waals surface area contributed by atoms with Gasteiger partial charge in [0.2, 0.25) is 0 Å². The Hall–Kier alpha value is -0.440. The lowest BCUT2D eigenvalue weighted by molar-refractivity contribution is 0.183. The molecule has 2 atom stereocenters. The van der Waals surface area contributed by atoms with Crippen LogP contribution in [0.5, 0.6) is 0 Å². The molecule has 2 unspecified atom stereocenters. The van der Waals surface area contributed by atoms with Crippen molar-refractivity contribution in [2.45, 2.75) is 19.4 Å². The van der Waals surface area contributed by atoms with Gasteiger partial charge in [-0.15, -0.1) is 0 Å². The highest BCUT2D eigenvalue weighted by Gasteiger charge is 2.22. The number of anilines is 1. The Bertz CT molecular complexity index is 364. The standard InChI is InChI=1S/C12H15Cl2NO/c1-8(9-5-6-16-7-9)15-11-4-2-3-10(13)12(11)14/h2-4,8-9,15H,5-7H2,1H3. The Labute approximate surface area is 106 Å². The van der Waals surface area contributed by atoms with Crippen molar-refractivity contribution in [2.75, 3.05) is 18.5 Å². The zero-order valence-corrected chi connectivity index (χ0v) is 10.7. The molecule has 0 saturated carbocycles. The number of ether oxygens (including phenoxy) is 1. The molecule has 2 rings (SSSR count). The second-order valence-electron chi connectivity index (χ2n) is 4.16. The van der Waals surface area contributed by atoms with Crippen molar-refractivity contribution in [1.29, 1.82) is 0 Å². The van der Waals surface area contributed by atoms with E-state index >= 15 is 0 Å². The van der Waals surface area contributed by atoms with Gasteiger partial charge in [0.15, 0.2) is 0 Å². The van der Waals surface area contributed by atoms with Gasteiger partial charge < -0.3 is 10.1 Å². The number of hydrogen-bond donors (Lipinski definition) is 1. The van der Waals surface area contributed by atoms with Crippen molar-refractivity contribution >= 4 is 28.9 Å². The highest BCUT2D eigenvalue weighted by atomic mass is 35.5. The summed E-state index contributed by atoms with van der Waals surface area (Å²) in [6.07, 6.45) is 1.10. The molecule has 0 bridgehead atoms. The van der Waals surface area contributed by atoms with Crippen LogP contribution in [0.15, 0.2) is 18.2 Å². The van der Waals surface area contributed by atoms with E-state index in [1.165, 1.54) is 0 Å². The first-order valence-electron chi connectivity index (χ1n) is 5.47. The minimum Gasteiger partial charge on any atom is -0.381 e. The van der Waals surface area contributed by atoms with E-state index < -0.39 is 0 Å². The molecule has 0 spiro atoms. The van der Waals surface area contributed by atoms with Crippen LogP contribution in [0.25, 0.3) is 0 Å². The summed E-state index contributed by atoms with van der Waals surface area (Å²) in [5.41, 5.74) is 0.897. The summed E-state index contributed by atoms with van der Waals surface area (Å²) in [6, 6.07) is 5.98. The predicted molar refractivity (Wildman–Crippen MR) is 68.5 cm³/mol. The summed E-state index contributed by atoms with van der Waals surface area (Å²) in [5.74, 6) is 0.551. The number of benzene rings is 1. The van der Waals surface area contributed by atoms with E-state index in [4.69, 9.17) is 27.9 Å². The Morgan fingerprint density at radius 3 is 2.94 bits per heavy atom. The Balaban J connectivity index is 2.05. The second-order valence-corrected chi connectivity index (χ2v) is 4.94. The van der Waals surface area contributed by atoms with Crippen LogP contribution in [-0.2, 0) is 4.74 Å². The van der Waals surface area contributed by atoms with E-state index in [1.54, 1.807) is 6.07 Å². The van der Waals surface area contributed by atoms with Gasteiger partial charge in [0.1, 0.15) is 0 Å². The molecule has 0 aliphatic carbocycles. The molecule has 1 saturated heterocycles. The van der Waals surface area contributed by atoms with Crippen molar-refractivity contribution in [3.63, 3.8) is 0 Å². The van der Waals surface area contributed by atoms with Gasteiger partial charge >= 0.3 is 0 Å². The second kappa shape index (κ2) is 5.26. The average molecular weight is 260 g/mol. The van der Waals surface area contributed by atoms with Crippen LogP contribution < -0.4 is 5.32 Å². The molecule has 1 N–H and O–H groups in total. The molecule has 2 nitrogen and oxygen atoms in total. The summed E-state index contributed by atoms with van der Waals surface area (Å²) in [6.45, 7) is 3.84. The van der Waals surface area contributed by atoms with Crippen molar-refractivity contribution in [3.05, 3.63) is 28.2 Å². The third kappa shape index (κ3) is 2.62. The topological polar surface area (TPSA) is 21.3 Å². The Kier molecular flexibility index (Phi) is 3.95. The molecular formula is C12H15Cl2NO. The zero-order valence-electron chi connectivity index (χ0n) is 9.17. The van der Waals surface area contributed by atoms with Crippen molar-refractivity contribution in [2.24, 2.45) is 5.92 Å². The first kappa shape index (κ1) is 12.0. The monoisotopic (exact) mass is 259 g/mol. The highest BCUT2D eigenvalue weighted by Crippen LogP contribution is 2.31. The predicted octanol–water partition coefficient (Wildman–Crippen LogP) is 3.83.